The number of anilines is 2. The molecule has 0 aromatic heterocycles. The predicted octanol–water partition coefficient (Wildman–Crippen LogP) is 4.79. The molecule has 0 fully saturated rings. The van der Waals surface area contributed by atoms with Crippen LogP contribution in [-0.2, 0) is 4.79 Å². The van der Waals surface area contributed by atoms with Crippen LogP contribution in [0.25, 0.3) is 0 Å². The quantitative estimate of drug-likeness (QED) is 0.834. The van der Waals surface area contributed by atoms with Crippen molar-refractivity contribution in [3.8, 4) is 0 Å². The van der Waals surface area contributed by atoms with E-state index in [9.17, 15) is 4.79 Å². The number of carbonyl (C=O) groups is 1. The SMILES string of the molecule is Cc1cccc(NC(=O)CNc2c(C)cccc2C(C)C)c1C. The number of hydrogen-bond acceptors (Lipinski definition) is 2. The highest BCUT2D eigenvalue weighted by molar-refractivity contribution is 5.94. The summed E-state index contributed by atoms with van der Waals surface area (Å²) < 4.78 is 0. The summed E-state index contributed by atoms with van der Waals surface area (Å²) in [5, 5.41) is 6.29. The van der Waals surface area contributed by atoms with Gasteiger partial charge in [0, 0.05) is 11.4 Å². The number of amides is 1. The lowest BCUT2D eigenvalue weighted by atomic mass is 9.98. The Morgan fingerprint density at radius 2 is 1.65 bits per heavy atom. The van der Waals surface area contributed by atoms with E-state index in [-0.39, 0.29) is 12.5 Å². The first-order valence-electron chi connectivity index (χ1n) is 8.09. The number of carbonyl (C=O) groups excluding carboxylic acids is 1. The van der Waals surface area contributed by atoms with E-state index in [2.05, 4.69) is 49.6 Å². The number of hydrogen-bond donors (Lipinski definition) is 2. The molecular formula is C20H26N2O. The first-order valence-corrected chi connectivity index (χ1v) is 8.09. The molecular weight excluding hydrogens is 284 g/mol. The van der Waals surface area contributed by atoms with Crippen LogP contribution in [-0.4, -0.2) is 12.5 Å². The summed E-state index contributed by atoms with van der Waals surface area (Å²) in [6, 6.07) is 12.2. The van der Waals surface area contributed by atoms with Crippen LogP contribution in [0.15, 0.2) is 36.4 Å². The normalized spacial score (nSPS) is 10.7. The van der Waals surface area contributed by atoms with Gasteiger partial charge in [0.05, 0.1) is 6.54 Å². The first-order chi connectivity index (χ1) is 10.9. The molecule has 2 rings (SSSR count). The van der Waals surface area contributed by atoms with Crippen LogP contribution in [0.2, 0.25) is 0 Å². The van der Waals surface area contributed by atoms with Gasteiger partial charge in [0.2, 0.25) is 5.91 Å². The Balaban J connectivity index is 2.07. The standard InChI is InChI=1S/C20H26N2O/c1-13(2)17-10-6-9-15(4)20(17)21-12-19(23)22-18-11-7-8-14(3)16(18)5/h6-11,13,21H,12H2,1-5H3,(H,22,23). The number of para-hydroxylation sites is 1. The summed E-state index contributed by atoms with van der Waals surface area (Å²) in [5.74, 6) is 0.385. The van der Waals surface area contributed by atoms with Crippen molar-refractivity contribution in [2.45, 2.75) is 40.5 Å². The molecule has 2 aromatic rings. The Bertz CT molecular complexity index is 705. The highest BCUT2D eigenvalue weighted by Gasteiger charge is 2.11. The van der Waals surface area contributed by atoms with Crippen molar-refractivity contribution in [3.05, 3.63) is 58.7 Å². The molecule has 0 spiro atoms. The zero-order valence-corrected chi connectivity index (χ0v) is 14.7. The molecule has 3 nitrogen and oxygen atoms in total. The lowest BCUT2D eigenvalue weighted by Gasteiger charge is -2.17. The molecule has 2 aromatic carbocycles. The van der Waals surface area contributed by atoms with E-state index in [4.69, 9.17) is 0 Å². The molecule has 23 heavy (non-hydrogen) atoms. The van der Waals surface area contributed by atoms with E-state index < -0.39 is 0 Å². The fourth-order valence-corrected chi connectivity index (χ4v) is 2.66. The van der Waals surface area contributed by atoms with Gasteiger partial charge < -0.3 is 10.6 Å². The summed E-state index contributed by atoms with van der Waals surface area (Å²) in [7, 11) is 0. The van der Waals surface area contributed by atoms with E-state index in [0.717, 1.165) is 22.5 Å². The Labute approximate surface area is 139 Å². The van der Waals surface area contributed by atoms with E-state index >= 15 is 0 Å². The number of aryl methyl sites for hydroxylation is 2. The van der Waals surface area contributed by atoms with Crippen LogP contribution < -0.4 is 10.6 Å². The summed E-state index contributed by atoms with van der Waals surface area (Å²) in [4.78, 5) is 12.3. The van der Waals surface area contributed by atoms with Gasteiger partial charge in [-0.15, -0.1) is 0 Å². The zero-order chi connectivity index (χ0) is 17.0. The average Bonchev–Trinajstić information content (AvgIpc) is 2.50. The fourth-order valence-electron chi connectivity index (χ4n) is 2.66. The first kappa shape index (κ1) is 17.1. The minimum absolute atomic E-state index is 0.0309. The molecule has 122 valence electrons. The van der Waals surface area contributed by atoms with E-state index in [0.29, 0.717) is 5.92 Å². The highest BCUT2D eigenvalue weighted by Crippen LogP contribution is 2.27. The van der Waals surface area contributed by atoms with Gasteiger partial charge in [-0.2, -0.15) is 0 Å². The second-order valence-corrected chi connectivity index (χ2v) is 6.34. The molecule has 0 aliphatic carbocycles. The predicted molar refractivity (Wildman–Crippen MR) is 98.3 cm³/mol. The highest BCUT2D eigenvalue weighted by atomic mass is 16.1. The Morgan fingerprint density at radius 3 is 2.35 bits per heavy atom. The third kappa shape index (κ3) is 4.13. The Kier molecular flexibility index (Phi) is 5.43. The summed E-state index contributed by atoms with van der Waals surface area (Å²) >= 11 is 0. The lowest BCUT2D eigenvalue weighted by Crippen LogP contribution is -2.23. The molecule has 0 saturated carbocycles. The second-order valence-electron chi connectivity index (χ2n) is 6.34. The topological polar surface area (TPSA) is 41.1 Å². The molecule has 0 aliphatic heterocycles. The van der Waals surface area contributed by atoms with E-state index in [1.165, 1.54) is 11.1 Å². The van der Waals surface area contributed by atoms with Crippen molar-refractivity contribution in [3.63, 3.8) is 0 Å². The van der Waals surface area contributed by atoms with Crippen LogP contribution in [0.4, 0.5) is 11.4 Å². The molecule has 0 saturated heterocycles. The van der Waals surface area contributed by atoms with E-state index in [1.54, 1.807) is 0 Å². The number of benzene rings is 2. The number of rotatable bonds is 5. The maximum atomic E-state index is 12.3. The third-order valence-corrected chi connectivity index (χ3v) is 4.23. The minimum atomic E-state index is -0.0309. The summed E-state index contributed by atoms with van der Waals surface area (Å²) in [5.41, 5.74) is 6.64. The maximum absolute atomic E-state index is 12.3. The van der Waals surface area contributed by atoms with E-state index in [1.807, 2.05) is 32.0 Å². The Hall–Kier alpha value is -2.29. The molecule has 0 bridgehead atoms. The van der Waals surface area contributed by atoms with Crippen LogP contribution in [0.3, 0.4) is 0 Å². The average molecular weight is 310 g/mol. The lowest BCUT2D eigenvalue weighted by molar-refractivity contribution is -0.114. The van der Waals surface area contributed by atoms with Gasteiger partial charge in [0.1, 0.15) is 0 Å². The third-order valence-electron chi connectivity index (χ3n) is 4.23. The number of nitrogens with one attached hydrogen (secondary N) is 2. The van der Waals surface area contributed by atoms with Gasteiger partial charge in [-0.1, -0.05) is 44.2 Å². The van der Waals surface area contributed by atoms with Gasteiger partial charge in [0.25, 0.3) is 0 Å². The second kappa shape index (κ2) is 7.32. The van der Waals surface area contributed by atoms with Crippen LogP contribution in [0.5, 0.6) is 0 Å². The van der Waals surface area contributed by atoms with Crippen LogP contribution in [0.1, 0.15) is 42.0 Å². The van der Waals surface area contributed by atoms with Gasteiger partial charge >= 0.3 is 0 Å². The van der Waals surface area contributed by atoms with Crippen molar-refractivity contribution in [2.24, 2.45) is 0 Å². The molecule has 2 N–H and O–H groups in total. The minimum Gasteiger partial charge on any atom is -0.376 e. The molecule has 1 amide bonds. The molecule has 0 heterocycles. The molecule has 0 unspecified atom stereocenters. The van der Waals surface area contributed by atoms with Gasteiger partial charge in [-0.3, -0.25) is 4.79 Å². The van der Waals surface area contributed by atoms with Gasteiger partial charge in [0.15, 0.2) is 0 Å². The summed E-state index contributed by atoms with van der Waals surface area (Å²) in [6.07, 6.45) is 0. The van der Waals surface area contributed by atoms with Crippen molar-refractivity contribution in [2.75, 3.05) is 17.2 Å². The van der Waals surface area contributed by atoms with Gasteiger partial charge in [-0.25, -0.2) is 0 Å². The fraction of sp³-hybridized carbons (Fsp3) is 0.350. The van der Waals surface area contributed by atoms with Crippen molar-refractivity contribution in [1.82, 2.24) is 0 Å². The van der Waals surface area contributed by atoms with Crippen molar-refractivity contribution < 1.29 is 4.79 Å². The van der Waals surface area contributed by atoms with Crippen molar-refractivity contribution in [1.29, 1.82) is 0 Å². The molecule has 0 aliphatic rings. The monoisotopic (exact) mass is 310 g/mol. The van der Waals surface area contributed by atoms with Crippen molar-refractivity contribution >= 4 is 17.3 Å². The van der Waals surface area contributed by atoms with Crippen LogP contribution >= 0.6 is 0 Å². The maximum Gasteiger partial charge on any atom is 0.243 e. The van der Waals surface area contributed by atoms with Crippen LogP contribution in [0, 0.1) is 20.8 Å². The molecule has 0 atom stereocenters. The molecule has 0 radical (unpaired) electrons. The Morgan fingerprint density at radius 1 is 1.00 bits per heavy atom. The largest absolute Gasteiger partial charge is 0.376 e. The summed E-state index contributed by atoms with van der Waals surface area (Å²) in [6.45, 7) is 10.7. The smallest absolute Gasteiger partial charge is 0.243 e. The molecule has 3 heteroatoms. The van der Waals surface area contributed by atoms with Gasteiger partial charge in [-0.05, 0) is 55.0 Å². The zero-order valence-electron chi connectivity index (χ0n) is 14.7.